The van der Waals surface area contributed by atoms with E-state index in [0.717, 1.165) is 32.8 Å². The van der Waals surface area contributed by atoms with Crippen LogP contribution < -0.4 is 10.4 Å². The second kappa shape index (κ2) is 16.2. The van der Waals surface area contributed by atoms with Crippen LogP contribution in [0.15, 0.2) is 128 Å². The Morgan fingerprint density at radius 1 is 0.755 bits per heavy atom. The maximum atomic E-state index is 14.1. The molecule has 1 unspecified atom stereocenters. The van der Waals surface area contributed by atoms with Gasteiger partial charge in [-0.3, -0.25) is 19.8 Å². The number of carboxylic acids is 1. The largest absolute Gasteiger partial charge is 0.478 e. The van der Waals surface area contributed by atoms with Gasteiger partial charge in [0.1, 0.15) is 12.6 Å². The molecule has 4 aromatic carbocycles. The highest BCUT2D eigenvalue weighted by atomic mass is 16.5. The van der Waals surface area contributed by atoms with Crippen molar-refractivity contribution < 1.29 is 29.0 Å². The number of carboxylic acid groups (broad SMARTS) is 1. The normalized spacial score (nSPS) is 11.5. The lowest BCUT2D eigenvalue weighted by atomic mass is 10.0. The van der Waals surface area contributed by atoms with Crippen LogP contribution in [-0.2, 0) is 25.7 Å². The second-order valence-corrected chi connectivity index (χ2v) is 12.1. The summed E-state index contributed by atoms with van der Waals surface area (Å²) in [4.78, 5) is 52.2. The first-order chi connectivity index (χ1) is 23.7. The number of esters is 1. The molecule has 2 amide bonds. The van der Waals surface area contributed by atoms with E-state index in [1.165, 1.54) is 24.3 Å². The van der Waals surface area contributed by atoms with Crippen LogP contribution in [0.2, 0.25) is 0 Å². The molecular formula is C40H39N3O6. The molecule has 9 heteroatoms. The molecule has 5 aromatic rings. The fourth-order valence-electron chi connectivity index (χ4n) is 5.28. The first-order valence-electron chi connectivity index (χ1n) is 16.2. The topological polar surface area (TPSA) is 118 Å². The van der Waals surface area contributed by atoms with Gasteiger partial charge < -0.3 is 14.4 Å². The standard InChI is InChI=1S/C40H39N3O6/c1-28(2)13-22-37(44)43(35-20-18-33(19-21-35)40(47)48)41-39(46)36(25-38(45)49-27-29-9-5-3-6-10-29)42-24-23-34(26-42)32-16-14-31(15-17-32)30-11-7-4-8-12-30/h3-12,14-21,23-24,26,28,36H,13,22,25,27H2,1-2H3,(H,41,46)(H,47,48). The number of nitrogens with one attached hydrogen (secondary N) is 1. The number of rotatable bonds is 13. The summed E-state index contributed by atoms with van der Waals surface area (Å²) >= 11 is 0. The molecule has 0 saturated heterocycles. The van der Waals surface area contributed by atoms with Crippen LogP contribution in [0.3, 0.4) is 0 Å². The van der Waals surface area contributed by atoms with Crippen LogP contribution in [-0.4, -0.2) is 33.4 Å². The molecule has 1 atom stereocenters. The van der Waals surface area contributed by atoms with E-state index in [1.807, 2.05) is 105 Å². The van der Waals surface area contributed by atoms with E-state index >= 15 is 0 Å². The number of aromatic carboxylic acids is 1. The highest BCUT2D eigenvalue weighted by Crippen LogP contribution is 2.27. The first-order valence-corrected chi connectivity index (χ1v) is 16.2. The van der Waals surface area contributed by atoms with Crippen molar-refractivity contribution in [2.45, 2.75) is 45.8 Å². The summed E-state index contributed by atoms with van der Waals surface area (Å²) in [5.41, 5.74) is 7.81. The number of anilines is 1. The Balaban J connectivity index is 1.41. The fraction of sp³-hybridized carbons (Fsp3) is 0.200. The van der Waals surface area contributed by atoms with Crippen molar-refractivity contribution in [3.8, 4) is 22.3 Å². The Kier molecular flexibility index (Phi) is 11.4. The molecular weight excluding hydrogens is 618 g/mol. The van der Waals surface area contributed by atoms with Crippen molar-refractivity contribution >= 4 is 29.4 Å². The van der Waals surface area contributed by atoms with Crippen molar-refractivity contribution in [1.29, 1.82) is 0 Å². The quantitative estimate of drug-likeness (QED) is 0.0990. The van der Waals surface area contributed by atoms with E-state index in [2.05, 4.69) is 5.43 Å². The van der Waals surface area contributed by atoms with E-state index in [0.29, 0.717) is 12.1 Å². The maximum absolute atomic E-state index is 14.1. The van der Waals surface area contributed by atoms with Crippen LogP contribution in [0.5, 0.6) is 0 Å². The van der Waals surface area contributed by atoms with Crippen LogP contribution in [0, 0.1) is 5.92 Å². The lowest BCUT2D eigenvalue weighted by Gasteiger charge is -2.27. The van der Waals surface area contributed by atoms with Gasteiger partial charge in [-0.25, -0.2) is 9.80 Å². The lowest BCUT2D eigenvalue weighted by molar-refractivity contribution is -0.147. The number of carbonyl (C=O) groups excluding carboxylic acids is 3. The van der Waals surface area contributed by atoms with Gasteiger partial charge in [-0.1, -0.05) is 98.8 Å². The number of carbonyl (C=O) groups is 4. The lowest BCUT2D eigenvalue weighted by Crippen LogP contribution is -2.49. The zero-order chi connectivity index (χ0) is 34.8. The van der Waals surface area contributed by atoms with Gasteiger partial charge in [-0.15, -0.1) is 0 Å². The number of hydrazine groups is 1. The summed E-state index contributed by atoms with van der Waals surface area (Å²) in [5.74, 6) is -2.45. The average Bonchev–Trinajstić information content (AvgIpc) is 3.62. The predicted octanol–water partition coefficient (Wildman–Crippen LogP) is 7.70. The van der Waals surface area contributed by atoms with E-state index in [1.54, 1.807) is 17.0 Å². The Morgan fingerprint density at radius 3 is 1.96 bits per heavy atom. The van der Waals surface area contributed by atoms with Crippen molar-refractivity contribution in [3.63, 3.8) is 0 Å². The summed E-state index contributed by atoms with van der Waals surface area (Å²) < 4.78 is 7.19. The molecule has 0 radical (unpaired) electrons. The zero-order valence-electron chi connectivity index (χ0n) is 27.5. The molecule has 2 N–H and O–H groups in total. The summed E-state index contributed by atoms with van der Waals surface area (Å²) in [7, 11) is 0. The first kappa shape index (κ1) is 34.4. The molecule has 49 heavy (non-hydrogen) atoms. The van der Waals surface area contributed by atoms with E-state index in [4.69, 9.17) is 4.74 Å². The maximum Gasteiger partial charge on any atom is 0.335 e. The minimum Gasteiger partial charge on any atom is -0.478 e. The van der Waals surface area contributed by atoms with Gasteiger partial charge in [0.2, 0.25) is 5.91 Å². The Hall–Kier alpha value is -5.96. The van der Waals surface area contributed by atoms with Gasteiger partial charge in [0.05, 0.1) is 17.7 Å². The molecule has 9 nitrogen and oxygen atoms in total. The molecule has 0 fully saturated rings. The summed E-state index contributed by atoms with van der Waals surface area (Å²) in [6.45, 7) is 4.04. The van der Waals surface area contributed by atoms with Crippen LogP contribution in [0.4, 0.5) is 5.69 Å². The summed E-state index contributed by atoms with van der Waals surface area (Å²) in [6, 6.07) is 33.8. The third-order valence-electron chi connectivity index (χ3n) is 8.08. The zero-order valence-corrected chi connectivity index (χ0v) is 27.5. The van der Waals surface area contributed by atoms with Crippen molar-refractivity contribution in [1.82, 2.24) is 9.99 Å². The van der Waals surface area contributed by atoms with Crippen molar-refractivity contribution in [2.24, 2.45) is 5.92 Å². The Bertz CT molecular complexity index is 1870. The molecule has 250 valence electrons. The van der Waals surface area contributed by atoms with Gasteiger partial charge in [-0.2, -0.15) is 0 Å². The van der Waals surface area contributed by atoms with Crippen molar-refractivity contribution in [3.05, 3.63) is 139 Å². The SMILES string of the molecule is CC(C)CCC(=O)N(NC(=O)C(CC(=O)OCc1ccccc1)n1ccc(-c2ccc(-c3ccccc3)cc2)c1)c1ccc(C(=O)O)cc1. The molecule has 1 aromatic heterocycles. The smallest absolute Gasteiger partial charge is 0.335 e. The van der Waals surface area contributed by atoms with Gasteiger partial charge in [0.15, 0.2) is 0 Å². The van der Waals surface area contributed by atoms with Gasteiger partial charge in [0, 0.05) is 18.8 Å². The summed E-state index contributed by atoms with van der Waals surface area (Å²) in [6.07, 6.45) is 3.94. The Morgan fingerprint density at radius 2 is 1.35 bits per heavy atom. The Labute approximate surface area is 285 Å². The number of hydrogen-bond acceptors (Lipinski definition) is 5. The predicted molar refractivity (Wildman–Crippen MR) is 188 cm³/mol. The molecule has 0 saturated carbocycles. The number of nitrogens with zero attached hydrogens (tertiary/aromatic N) is 2. The highest BCUT2D eigenvalue weighted by molar-refractivity contribution is 5.98. The van der Waals surface area contributed by atoms with Crippen LogP contribution in [0.25, 0.3) is 22.3 Å². The molecule has 0 spiro atoms. The molecule has 0 aliphatic carbocycles. The number of amides is 2. The third kappa shape index (κ3) is 9.32. The van der Waals surface area contributed by atoms with E-state index in [-0.39, 0.29) is 36.8 Å². The molecule has 0 aliphatic heterocycles. The van der Waals surface area contributed by atoms with E-state index in [9.17, 15) is 24.3 Å². The number of ether oxygens (including phenoxy) is 1. The van der Waals surface area contributed by atoms with E-state index < -0.39 is 23.9 Å². The average molecular weight is 658 g/mol. The number of benzene rings is 4. The van der Waals surface area contributed by atoms with Gasteiger partial charge in [-0.05, 0) is 70.5 Å². The minimum atomic E-state index is -1.11. The molecule has 5 rings (SSSR count). The van der Waals surface area contributed by atoms with Crippen molar-refractivity contribution in [2.75, 3.05) is 5.01 Å². The van der Waals surface area contributed by atoms with Gasteiger partial charge in [0.25, 0.3) is 5.91 Å². The summed E-state index contributed by atoms with van der Waals surface area (Å²) in [5, 5.41) is 10.5. The highest BCUT2D eigenvalue weighted by Gasteiger charge is 2.29. The minimum absolute atomic E-state index is 0.0420. The fourth-order valence-corrected chi connectivity index (χ4v) is 5.28. The van der Waals surface area contributed by atoms with Gasteiger partial charge >= 0.3 is 11.9 Å². The monoisotopic (exact) mass is 657 g/mol. The third-order valence-corrected chi connectivity index (χ3v) is 8.08. The molecule has 0 bridgehead atoms. The number of aromatic nitrogens is 1. The number of hydrogen-bond donors (Lipinski definition) is 2. The molecule has 1 heterocycles. The molecule has 0 aliphatic rings. The second-order valence-electron chi connectivity index (χ2n) is 12.1. The van der Waals surface area contributed by atoms with Crippen LogP contribution in [0.1, 0.15) is 55.1 Å². The van der Waals surface area contributed by atoms with Crippen LogP contribution >= 0.6 is 0 Å².